The molecule has 38 heavy (non-hydrogen) atoms. The SMILES string of the molecule is CN/C=C\C(=O)NCCOc1ccc(CN([C@H]2C[C@@H](C(=O)O)C2)[C@@H](C)c2ccc3c(c2)CCO3)cc1OC. The molecule has 1 aliphatic heterocycles. The van der Waals surface area contributed by atoms with Crippen molar-refractivity contribution < 1.29 is 28.9 Å². The maximum atomic E-state index is 11.7. The number of aliphatic carboxylic acids is 1. The maximum absolute atomic E-state index is 11.7. The molecule has 3 N–H and O–H groups in total. The lowest BCUT2D eigenvalue weighted by Crippen LogP contribution is -2.47. The molecule has 0 bridgehead atoms. The zero-order valence-electron chi connectivity index (χ0n) is 22.2. The zero-order valence-corrected chi connectivity index (χ0v) is 22.2. The minimum absolute atomic E-state index is 0.100. The van der Waals surface area contributed by atoms with Crippen molar-refractivity contribution in [3.8, 4) is 17.2 Å². The van der Waals surface area contributed by atoms with Gasteiger partial charge in [0.1, 0.15) is 12.4 Å². The summed E-state index contributed by atoms with van der Waals surface area (Å²) >= 11 is 0. The van der Waals surface area contributed by atoms with Gasteiger partial charge < -0.3 is 30.0 Å². The first-order valence-electron chi connectivity index (χ1n) is 13.0. The first kappa shape index (κ1) is 27.3. The summed E-state index contributed by atoms with van der Waals surface area (Å²) in [4.78, 5) is 25.6. The smallest absolute Gasteiger partial charge is 0.306 e. The van der Waals surface area contributed by atoms with Crippen LogP contribution in [0.25, 0.3) is 0 Å². The number of rotatable bonds is 13. The van der Waals surface area contributed by atoms with Crippen LogP contribution in [0.5, 0.6) is 17.2 Å². The number of nitrogens with zero attached hydrogens (tertiary/aromatic N) is 1. The summed E-state index contributed by atoms with van der Waals surface area (Å²) in [7, 11) is 3.33. The van der Waals surface area contributed by atoms with E-state index in [9.17, 15) is 14.7 Å². The van der Waals surface area contributed by atoms with Crippen molar-refractivity contribution >= 4 is 11.9 Å². The van der Waals surface area contributed by atoms with Crippen molar-refractivity contribution in [1.29, 1.82) is 0 Å². The number of hydrogen-bond donors (Lipinski definition) is 3. The van der Waals surface area contributed by atoms with Crippen molar-refractivity contribution in [3.63, 3.8) is 0 Å². The molecule has 1 atom stereocenters. The number of carboxylic acid groups (broad SMARTS) is 1. The Labute approximate surface area is 223 Å². The van der Waals surface area contributed by atoms with E-state index in [2.05, 4.69) is 34.6 Å². The van der Waals surface area contributed by atoms with E-state index in [0.717, 1.165) is 17.7 Å². The number of carboxylic acids is 1. The fraction of sp³-hybridized carbons (Fsp3) is 0.448. The molecule has 1 heterocycles. The van der Waals surface area contributed by atoms with E-state index in [1.807, 2.05) is 24.3 Å². The summed E-state index contributed by atoms with van der Waals surface area (Å²) in [6, 6.07) is 12.5. The van der Waals surface area contributed by atoms with Crippen LogP contribution in [0.1, 0.15) is 42.5 Å². The third-order valence-electron chi connectivity index (χ3n) is 7.28. The van der Waals surface area contributed by atoms with Gasteiger partial charge in [-0.25, -0.2) is 0 Å². The number of hydrogen-bond acceptors (Lipinski definition) is 7. The van der Waals surface area contributed by atoms with Gasteiger partial charge in [0, 0.05) is 44.4 Å². The van der Waals surface area contributed by atoms with Crippen LogP contribution < -0.4 is 24.8 Å². The number of ether oxygens (including phenoxy) is 3. The molecule has 2 aromatic carbocycles. The Balaban J connectivity index is 1.44. The van der Waals surface area contributed by atoms with Gasteiger partial charge in [-0.1, -0.05) is 18.2 Å². The molecule has 1 saturated carbocycles. The van der Waals surface area contributed by atoms with Crippen molar-refractivity contribution in [1.82, 2.24) is 15.5 Å². The fourth-order valence-corrected chi connectivity index (χ4v) is 4.99. The summed E-state index contributed by atoms with van der Waals surface area (Å²) in [5, 5.41) is 15.0. The Hall–Kier alpha value is -3.72. The molecular formula is C29H37N3O6. The van der Waals surface area contributed by atoms with Gasteiger partial charge in [0.2, 0.25) is 5.91 Å². The van der Waals surface area contributed by atoms with Crippen molar-refractivity contribution in [2.75, 3.05) is 33.9 Å². The molecule has 204 valence electrons. The molecule has 0 radical (unpaired) electrons. The Morgan fingerprint density at radius 1 is 1.21 bits per heavy atom. The predicted molar refractivity (Wildman–Crippen MR) is 143 cm³/mol. The Kier molecular flexibility index (Phi) is 9.12. The quantitative estimate of drug-likeness (QED) is 0.271. The van der Waals surface area contributed by atoms with Gasteiger partial charge in [0.05, 0.1) is 26.2 Å². The third kappa shape index (κ3) is 6.58. The van der Waals surface area contributed by atoms with E-state index in [-0.39, 0.29) is 23.9 Å². The van der Waals surface area contributed by atoms with Gasteiger partial charge in [-0.2, -0.15) is 0 Å². The molecule has 9 heteroatoms. The normalized spacial score (nSPS) is 18.8. The first-order valence-corrected chi connectivity index (χ1v) is 13.0. The van der Waals surface area contributed by atoms with E-state index < -0.39 is 5.97 Å². The number of carbonyl (C=O) groups excluding carboxylic acids is 1. The number of amides is 1. The van der Waals surface area contributed by atoms with Gasteiger partial charge in [-0.15, -0.1) is 0 Å². The molecule has 4 rings (SSSR count). The monoisotopic (exact) mass is 523 g/mol. The first-order chi connectivity index (χ1) is 18.4. The summed E-state index contributed by atoms with van der Waals surface area (Å²) in [6.07, 6.45) is 5.17. The molecule has 1 aliphatic carbocycles. The largest absolute Gasteiger partial charge is 0.493 e. The molecular weight excluding hydrogens is 486 g/mol. The highest BCUT2D eigenvalue weighted by Crippen LogP contribution is 2.39. The summed E-state index contributed by atoms with van der Waals surface area (Å²) < 4.78 is 17.1. The highest BCUT2D eigenvalue weighted by molar-refractivity contribution is 5.87. The molecule has 2 aliphatic rings. The third-order valence-corrected chi connectivity index (χ3v) is 7.28. The van der Waals surface area contributed by atoms with Crippen LogP contribution in [0, 0.1) is 5.92 Å². The van der Waals surface area contributed by atoms with Crippen molar-refractivity contribution in [3.05, 3.63) is 65.4 Å². The standard InChI is InChI=1S/C29H37N3O6/c1-19(21-5-7-25-22(15-21)9-12-37-25)32(24-16-23(17-24)29(34)35)18-20-4-6-26(27(14-20)36-3)38-13-11-31-28(33)8-10-30-2/h4-8,10,14-15,19,23-24,30H,9,11-13,16-18H2,1-3H3,(H,31,33)(H,34,35)/b10-8-/t19-,23-,24+/m0/s1. The lowest BCUT2D eigenvalue weighted by atomic mass is 9.78. The van der Waals surface area contributed by atoms with Gasteiger partial charge >= 0.3 is 5.97 Å². The maximum Gasteiger partial charge on any atom is 0.306 e. The van der Waals surface area contributed by atoms with Gasteiger partial charge in [0.25, 0.3) is 0 Å². The highest BCUT2D eigenvalue weighted by Gasteiger charge is 2.40. The van der Waals surface area contributed by atoms with Gasteiger partial charge in [-0.05, 0) is 54.7 Å². The minimum Gasteiger partial charge on any atom is -0.493 e. The van der Waals surface area contributed by atoms with E-state index in [4.69, 9.17) is 14.2 Å². The number of fused-ring (bicyclic) bond motifs is 1. The van der Waals surface area contributed by atoms with E-state index >= 15 is 0 Å². The fourth-order valence-electron chi connectivity index (χ4n) is 4.99. The van der Waals surface area contributed by atoms with Crippen LogP contribution in [0.2, 0.25) is 0 Å². The highest BCUT2D eigenvalue weighted by atomic mass is 16.5. The van der Waals surface area contributed by atoms with Crippen molar-refractivity contribution in [2.45, 2.75) is 44.8 Å². The predicted octanol–water partition coefficient (Wildman–Crippen LogP) is 3.28. The average molecular weight is 524 g/mol. The minimum atomic E-state index is -0.721. The molecule has 0 saturated heterocycles. The average Bonchev–Trinajstić information content (AvgIpc) is 3.36. The molecule has 0 aromatic heterocycles. The second kappa shape index (κ2) is 12.7. The lowest BCUT2D eigenvalue weighted by molar-refractivity contribution is -0.147. The van der Waals surface area contributed by atoms with Crippen LogP contribution in [0.15, 0.2) is 48.7 Å². The van der Waals surface area contributed by atoms with E-state index in [1.165, 1.54) is 17.2 Å². The van der Waals surface area contributed by atoms with Gasteiger partial charge in [0.15, 0.2) is 11.5 Å². The Bertz CT molecular complexity index is 1160. The van der Waals surface area contributed by atoms with E-state index in [1.54, 1.807) is 20.4 Å². The second-order valence-electron chi connectivity index (χ2n) is 9.72. The Morgan fingerprint density at radius 3 is 2.76 bits per heavy atom. The number of carbonyl (C=O) groups is 2. The van der Waals surface area contributed by atoms with Crippen LogP contribution in [0.4, 0.5) is 0 Å². The van der Waals surface area contributed by atoms with E-state index in [0.29, 0.717) is 50.6 Å². The van der Waals surface area contributed by atoms with Gasteiger partial charge in [-0.3, -0.25) is 14.5 Å². The molecule has 2 aromatic rings. The molecule has 1 fully saturated rings. The van der Waals surface area contributed by atoms with Crippen LogP contribution in [-0.2, 0) is 22.6 Å². The summed E-state index contributed by atoms with van der Waals surface area (Å²) in [6.45, 7) is 4.21. The van der Waals surface area contributed by atoms with Crippen LogP contribution >= 0.6 is 0 Å². The van der Waals surface area contributed by atoms with Crippen LogP contribution in [0.3, 0.4) is 0 Å². The number of nitrogens with one attached hydrogen (secondary N) is 2. The Morgan fingerprint density at radius 2 is 2.03 bits per heavy atom. The molecule has 1 amide bonds. The zero-order chi connectivity index (χ0) is 27.1. The second-order valence-corrected chi connectivity index (χ2v) is 9.72. The lowest BCUT2D eigenvalue weighted by Gasteiger charge is -2.44. The molecule has 0 spiro atoms. The summed E-state index contributed by atoms with van der Waals surface area (Å²) in [5.41, 5.74) is 3.48. The van der Waals surface area contributed by atoms with Crippen LogP contribution in [-0.4, -0.2) is 61.8 Å². The topological polar surface area (TPSA) is 109 Å². The number of methoxy groups -OCH3 is 1. The molecule has 9 nitrogen and oxygen atoms in total. The summed E-state index contributed by atoms with van der Waals surface area (Å²) in [5.74, 6) is 0.962. The molecule has 0 unspecified atom stereocenters. The van der Waals surface area contributed by atoms with Crippen molar-refractivity contribution in [2.24, 2.45) is 5.92 Å². The number of benzene rings is 2.